The van der Waals surface area contributed by atoms with Gasteiger partial charge in [0.15, 0.2) is 11.5 Å². The van der Waals surface area contributed by atoms with Crippen molar-refractivity contribution >= 4 is 5.97 Å². The van der Waals surface area contributed by atoms with Crippen LogP contribution in [0.2, 0.25) is 0 Å². The third kappa shape index (κ3) is 1.85. The standard InChI is InChI=1S/C10H9N5O4/c11-10(9-12-14-15-13-9)4-18-6-2-1-5(8(16)17)3-7(6)19-10/h1-3H,4,11H2,(H,16,17)(H,12,13,14,15). The first-order valence-electron chi connectivity index (χ1n) is 5.30. The first kappa shape index (κ1) is 11.4. The summed E-state index contributed by atoms with van der Waals surface area (Å²) in [5.74, 6) is -0.314. The highest BCUT2D eigenvalue weighted by molar-refractivity contribution is 5.88. The van der Waals surface area contributed by atoms with Gasteiger partial charge in [0.2, 0.25) is 5.82 Å². The maximum atomic E-state index is 10.9. The van der Waals surface area contributed by atoms with E-state index >= 15 is 0 Å². The van der Waals surface area contributed by atoms with Crippen LogP contribution in [0.15, 0.2) is 18.2 Å². The van der Waals surface area contributed by atoms with Gasteiger partial charge < -0.3 is 14.6 Å². The Morgan fingerprint density at radius 3 is 3.00 bits per heavy atom. The molecule has 1 aliphatic rings. The zero-order valence-electron chi connectivity index (χ0n) is 9.53. The molecule has 0 aliphatic carbocycles. The van der Waals surface area contributed by atoms with Crippen LogP contribution in [0, 0.1) is 0 Å². The lowest BCUT2D eigenvalue weighted by Crippen LogP contribution is -2.51. The van der Waals surface area contributed by atoms with Gasteiger partial charge in [-0.2, -0.15) is 5.21 Å². The summed E-state index contributed by atoms with van der Waals surface area (Å²) in [5.41, 5.74) is 4.65. The van der Waals surface area contributed by atoms with E-state index in [1.165, 1.54) is 18.2 Å². The van der Waals surface area contributed by atoms with Crippen LogP contribution in [0.5, 0.6) is 11.5 Å². The number of aromatic amines is 1. The van der Waals surface area contributed by atoms with Crippen molar-refractivity contribution in [2.75, 3.05) is 6.61 Å². The highest BCUT2D eigenvalue weighted by Crippen LogP contribution is 2.36. The van der Waals surface area contributed by atoms with E-state index in [4.69, 9.17) is 20.3 Å². The van der Waals surface area contributed by atoms with Crippen molar-refractivity contribution in [2.24, 2.45) is 5.73 Å². The van der Waals surface area contributed by atoms with Crippen LogP contribution >= 0.6 is 0 Å². The predicted molar refractivity (Wildman–Crippen MR) is 59.6 cm³/mol. The molecule has 4 N–H and O–H groups in total. The Morgan fingerprint density at radius 1 is 1.47 bits per heavy atom. The molecule has 1 aromatic heterocycles. The molecule has 98 valence electrons. The molecule has 0 radical (unpaired) electrons. The van der Waals surface area contributed by atoms with Crippen LogP contribution in [0.25, 0.3) is 0 Å². The third-order valence-corrected chi connectivity index (χ3v) is 2.65. The van der Waals surface area contributed by atoms with E-state index < -0.39 is 11.7 Å². The van der Waals surface area contributed by atoms with Gasteiger partial charge in [-0.1, -0.05) is 0 Å². The number of carboxylic acids is 1. The van der Waals surface area contributed by atoms with Gasteiger partial charge in [-0.15, -0.1) is 10.2 Å². The van der Waals surface area contributed by atoms with Crippen LogP contribution in [0.1, 0.15) is 16.2 Å². The van der Waals surface area contributed by atoms with Crippen LogP contribution in [-0.2, 0) is 5.72 Å². The molecule has 0 bridgehead atoms. The van der Waals surface area contributed by atoms with Crippen LogP contribution < -0.4 is 15.2 Å². The number of ether oxygens (including phenoxy) is 2. The van der Waals surface area contributed by atoms with Gasteiger partial charge >= 0.3 is 5.97 Å². The lowest BCUT2D eigenvalue weighted by molar-refractivity contribution is -0.0149. The van der Waals surface area contributed by atoms with Gasteiger partial charge in [-0.25, -0.2) is 4.79 Å². The van der Waals surface area contributed by atoms with Crippen molar-refractivity contribution in [2.45, 2.75) is 5.72 Å². The number of carbonyl (C=O) groups is 1. The molecule has 0 saturated carbocycles. The van der Waals surface area contributed by atoms with E-state index in [1.54, 1.807) is 0 Å². The fourth-order valence-electron chi connectivity index (χ4n) is 1.70. The number of aromatic carboxylic acids is 1. The average molecular weight is 263 g/mol. The van der Waals surface area contributed by atoms with Crippen molar-refractivity contribution in [3.63, 3.8) is 0 Å². The maximum absolute atomic E-state index is 10.9. The van der Waals surface area contributed by atoms with E-state index in [0.717, 1.165) is 0 Å². The molecule has 19 heavy (non-hydrogen) atoms. The van der Waals surface area contributed by atoms with Crippen LogP contribution in [0.3, 0.4) is 0 Å². The van der Waals surface area contributed by atoms with Crippen molar-refractivity contribution in [1.82, 2.24) is 20.6 Å². The van der Waals surface area contributed by atoms with Gasteiger partial charge in [-0.05, 0) is 23.4 Å². The molecule has 0 fully saturated rings. The third-order valence-electron chi connectivity index (χ3n) is 2.65. The number of hydrogen-bond donors (Lipinski definition) is 3. The maximum Gasteiger partial charge on any atom is 0.335 e. The minimum Gasteiger partial charge on any atom is -0.483 e. The summed E-state index contributed by atoms with van der Waals surface area (Å²) >= 11 is 0. The summed E-state index contributed by atoms with van der Waals surface area (Å²) in [4.78, 5) is 10.9. The number of nitrogens with one attached hydrogen (secondary N) is 1. The van der Waals surface area contributed by atoms with Gasteiger partial charge in [0.25, 0.3) is 5.72 Å². The predicted octanol–water partition coefficient (Wildman–Crippen LogP) is -0.519. The molecule has 1 aliphatic heterocycles. The zero-order chi connectivity index (χ0) is 13.5. The molecule has 1 atom stereocenters. The molecule has 0 amide bonds. The number of hydrogen-bond acceptors (Lipinski definition) is 7. The Hall–Kier alpha value is -2.68. The summed E-state index contributed by atoms with van der Waals surface area (Å²) in [6.07, 6.45) is 0. The van der Waals surface area contributed by atoms with Crippen molar-refractivity contribution in [3.8, 4) is 11.5 Å². The van der Waals surface area contributed by atoms with Gasteiger partial charge in [0, 0.05) is 0 Å². The van der Waals surface area contributed by atoms with Crippen LogP contribution in [0.4, 0.5) is 0 Å². The Kier molecular flexibility index (Phi) is 2.35. The molecule has 1 aromatic carbocycles. The number of carboxylic acid groups (broad SMARTS) is 1. The van der Waals surface area contributed by atoms with E-state index in [9.17, 15) is 4.79 Å². The number of rotatable bonds is 2. The molecule has 2 heterocycles. The Bertz CT molecular complexity index is 629. The number of benzene rings is 1. The molecular formula is C10H9N5O4. The summed E-state index contributed by atoms with van der Waals surface area (Å²) < 4.78 is 11.0. The summed E-state index contributed by atoms with van der Waals surface area (Å²) in [6, 6.07) is 4.26. The molecule has 2 aromatic rings. The molecule has 0 spiro atoms. The number of nitrogens with zero attached hydrogens (tertiary/aromatic N) is 3. The molecule has 9 nitrogen and oxygen atoms in total. The molecule has 1 unspecified atom stereocenters. The van der Waals surface area contributed by atoms with E-state index in [1.807, 2.05) is 0 Å². The number of H-pyrrole nitrogens is 1. The van der Waals surface area contributed by atoms with Gasteiger partial charge in [-0.3, -0.25) is 5.73 Å². The fourth-order valence-corrected chi connectivity index (χ4v) is 1.70. The quantitative estimate of drug-likeness (QED) is 0.658. The number of nitrogens with two attached hydrogens (primary N) is 1. The lowest BCUT2D eigenvalue weighted by atomic mass is 10.1. The van der Waals surface area contributed by atoms with Crippen molar-refractivity contribution in [3.05, 3.63) is 29.6 Å². The highest BCUT2D eigenvalue weighted by atomic mass is 16.6. The first-order chi connectivity index (χ1) is 9.08. The van der Waals surface area contributed by atoms with Gasteiger partial charge in [0.1, 0.15) is 6.61 Å². The summed E-state index contributed by atoms with van der Waals surface area (Å²) in [6.45, 7) is -0.00798. The lowest BCUT2D eigenvalue weighted by Gasteiger charge is -2.32. The second-order valence-electron chi connectivity index (χ2n) is 3.98. The highest BCUT2D eigenvalue weighted by Gasteiger charge is 2.40. The topological polar surface area (TPSA) is 136 Å². The number of fused-ring (bicyclic) bond motifs is 1. The Morgan fingerprint density at radius 2 is 2.32 bits per heavy atom. The van der Waals surface area contributed by atoms with Crippen LogP contribution in [-0.4, -0.2) is 38.3 Å². The fraction of sp³-hybridized carbons (Fsp3) is 0.200. The first-order valence-corrected chi connectivity index (χ1v) is 5.30. The average Bonchev–Trinajstić information content (AvgIpc) is 2.92. The SMILES string of the molecule is NC1(c2nn[nH]n2)COc2ccc(C(=O)O)cc2O1. The number of tetrazole rings is 1. The van der Waals surface area contributed by atoms with Crippen molar-refractivity contribution in [1.29, 1.82) is 0 Å². The zero-order valence-corrected chi connectivity index (χ0v) is 9.53. The minimum absolute atomic E-state index is 0.00798. The Labute approximate surface area is 106 Å². The number of aromatic nitrogens is 4. The monoisotopic (exact) mass is 263 g/mol. The minimum atomic E-state index is -1.41. The normalized spacial score (nSPS) is 21.1. The Balaban J connectivity index is 1.98. The molecule has 3 rings (SSSR count). The second kappa shape index (κ2) is 3.92. The molecule has 9 heteroatoms. The smallest absolute Gasteiger partial charge is 0.335 e. The van der Waals surface area contributed by atoms with E-state index in [2.05, 4.69) is 20.6 Å². The van der Waals surface area contributed by atoms with Gasteiger partial charge in [0.05, 0.1) is 5.56 Å². The largest absolute Gasteiger partial charge is 0.483 e. The van der Waals surface area contributed by atoms with E-state index in [0.29, 0.717) is 5.75 Å². The van der Waals surface area contributed by atoms with Crippen molar-refractivity contribution < 1.29 is 19.4 Å². The summed E-state index contributed by atoms with van der Waals surface area (Å²) in [7, 11) is 0. The summed E-state index contributed by atoms with van der Waals surface area (Å²) in [5, 5.41) is 22.1. The molecular weight excluding hydrogens is 254 g/mol. The van der Waals surface area contributed by atoms with E-state index in [-0.39, 0.29) is 23.7 Å². The second-order valence-corrected chi connectivity index (χ2v) is 3.98. The molecule has 0 saturated heterocycles.